The number of aromatic nitrogens is 1. The smallest absolute Gasteiger partial charge is 0.126 e. The summed E-state index contributed by atoms with van der Waals surface area (Å²) in [5.74, 6) is 4.06. The van der Waals surface area contributed by atoms with Gasteiger partial charge in [0.2, 0.25) is 0 Å². The topological polar surface area (TPSA) is 24.9 Å². The predicted octanol–water partition coefficient (Wildman–Crippen LogP) is 3.40. The molecule has 0 aliphatic heterocycles. The first-order chi connectivity index (χ1) is 7.22. The van der Waals surface area contributed by atoms with E-state index in [1.165, 1.54) is 11.3 Å². The van der Waals surface area contributed by atoms with Gasteiger partial charge in [0.15, 0.2) is 0 Å². The summed E-state index contributed by atoms with van der Waals surface area (Å²) in [6.45, 7) is 7.52. The highest BCUT2D eigenvalue weighted by Gasteiger charge is 1.98. The van der Waals surface area contributed by atoms with Crippen molar-refractivity contribution >= 4 is 17.6 Å². The van der Waals surface area contributed by atoms with Gasteiger partial charge in [0, 0.05) is 18.5 Å². The Morgan fingerprint density at radius 3 is 2.93 bits per heavy atom. The quantitative estimate of drug-likeness (QED) is 0.801. The van der Waals surface area contributed by atoms with Crippen molar-refractivity contribution in [2.45, 2.75) is 26.5 Å². The molecule has 0 fully saturated rings. The van der Waals surface area contributed by atoms with Gasteiger partial charge in [-0.25, -0.2) is 4.98 Å². The van der Waals surface area contributed by atoms with Gasteiger partial charge >= 0.3 is 0 Å². The molecule has 1 heterocycles. The molecule has 0 radical (unpaired) electrons. The molecule has 0 saturated heterocycles. The van der Waals surface area contributed by atoms with Crippen molar-refractivity contribution in [1.29, 1.82) is 0 Å². The van der Waals surface area contributed by atoms with Crippen LogP contribution in [0.25, 0.3) is 0 Å². The van der Waals surface area contributed by atoms with Crippen LogP contribution in [0, 0.1) is 5.92 Å². The Kier molecular flexibility index (Phi) is 5.54. The molecule has 0 atom stereocenters. The number of nitrogens with one attached hydrogen (secondary N) is 1. The second kappa shape index (κ2) is 6.72. The summed E-state index contributed by atoms with van der Waals surface area (Å²) in [4.78, 5) is 4.25. The van der Waals surface area contributed by atoms with Crippen molar-refractivity contribution in [3.8, 4) is 0 Å². The van der Waals surface area contributed by atoms with E-state index in [1.807, 2.05) is 18.0 Å². The highest BCUT2D eigenvalue weighted by atomic mass is 32.2. The van der Waals surface area contributed by atoms with Gasteiger partial charge in [0.25, 0.3) is 0 Å². The summed E-state index contributed by atoms with van der Waals surface area (Å²) < 4.78 is 0. The van der Waals surface area contributed by atoms with Crippen LogP contribution < -0.4 is 5.32 Å². The molecule has 2 nitrogen and oxygen atoms in total. The average molecular weight is 224 g/mol. The fourth-order valence-electron chi connectivity index (χ4n) is 1.25. The van der Waals surface area contributed by atoms with Crippen molar-refractivity contribution in [1.82, 2.24) is 4.98 Å². The molecule has 1 rings (SSSR count). The minimum atomic E-state index is 0.769. The predicted molar refractivity (Wildman–Crippen MR) is 69.4 cm³/mol. The van der Waals surface area contributed by atoms with E-state index in [1.54, 1.807) is 0 Å². The average Bonchev–Trinajstić information content (AvgIpc) is 2.18. The lowest BCUT2D eigenvalue weighted by Crippen LogP contribution is -1.99. The van der Waals surface area contributed by atoms with Crippen molar-refractivity contribution < 1.29 is 0 Å². The first-order valence-electron chi connectivity index (χ1n) is 5.49. The lowest BCUT2D eigenvalue weighted by Gasteiger charge is -2.06. The van der Waals surface area contributed by atoms with Crippen molar-refractivity contribution in [2.24, 2.45) is 5.92 Å². The Morgan fingerprint density at radius 2 is 2.27 bits per heavy atom. The van der Waals surface area contributed by atoms with E-state index in [4.69, 9.17) is 0 Å². The molecule has 84 valence electrons. The maximum absolute atomic E-state index is 4.25. The number of hydrogen-bond donors (Lipinski definition) is 1. The summed E-state index contributed by atoms with van der Waals surface area (Å²) in [6, 6.07) is 4.23. The summed E-state index contributed by atoms with van der Waals surface area (Å²) >= 11 is 1.99. The monoisotopic (exact) mass is 224 g/mol. The molecular weight excluding hydrogens is 204 g/mol. The van der Waals surface area contributed by atoms with E-state index in [2.05, 4.69) is 43.2 Å². The molecule has 1 N–H and O–H groups in total. The zero-order valence-corrected chi connectivity index (χ0v) is 10.6. The van der Waals surface area contributed by atoms with Gasteiger partial charge in [0.05, 0.1) is 0 Å². The number of anilines is 1. The van der Waals surface area contributed by atoms with Crippen LogP contribution in [0.4, 0.5) is 5.82 Å². The van der Waals surface area contributed by atoms with Gasteiger partial charge in [0.1, 0.15) is 5.82 Å². The Morgan fingerprint density at radius 1 is 1.47 bits per heavy atom. The minimum Gasteiger partial charge on any atom is -0.370 e. The van der Waals surface area contributed by atoms with Gasteiger partial charge in [-0.15, -0.1) is 0 Å². The van der Waals surface area contributed by atoms with Crippen LogP contribution in [0.5, 0.6) is 0 Å². The lowest BCUT2D eigenvalue weighted by molar-refractivity contribution is 0.750. The summed E-state index contributed by atoms with van der Waals surface area (Å²) in [5, 5.41) is 3.23. The van der Waals surface area contributed by atoms with Crippen LogP contribution >= 0.6 is 11.8 Å². The first-order valence-corrected chi connectivity index (χ1v) is 6.64. The third-order valence-electron chi connectivity index (χ3n) is 1.90. The van der Waals surface area contributed by atoms with Crippen LogP contribution in [0.1, 0.15) is 26.3 Å². The number of nitrogens with zero attached hydrogens (tertiary/aromatic N) is 1. The molecule has 0 aliphatic rings. The van der Waals surface area contributed by atoms with Gasteiger partial charge in [-0.1, -0.05) is 13.8 Å². The molecule has 0 aliphatic carbocycles. The molecule has 3 heteroatoms. The zero-order chi connectivity index (χ0) is 11.1. The van der Waals surface area contributed by atoms with E-state index in [9.17, 15) is 0 Å². The van der Waals surface area contributed by atoms with Crippen LogP contribution in [0.2, 0.25) is 0 Å². The summed E-state index contributed by atoms with van der Waals surface area (Å²) in [7, 11) is 0. The molecule has 1 aromatic heterocycles. The highest BCUT2D eigenvalue weighted by molar-refractivity contribution is 7.98. The molecule has 0 unspecified atom stereocenters. The van der Waals surface area contributed by atoms with Crippen molar-refractivity contribution in [3.63, 3.8) is 0 Å². The zero-order valence-electron chi connectivity index (χ0n) is 9.79. The third-order valence-corrected chi connectivity index (χ3v) is 3.34. The Labute approximate surface area is 96.9 Å². The van der Waals surface area contributed by atoms with Crippen molar-refractivity contribution in [3.05, 3.63) is 23.9 Å². The Balaban J connectivity index is 2.43. The first kappa shape index (κ1) is 12.4. The summed E-state index contributed by atoms with van der Waals surface area (Å²) in [5.41, 5.74) is 1.35. The number of hydrogen-bond acceptors (Lipinski definition) is 3. The third kappa shape index (κ3) is 5.07. The van der Waals surface area contributed by atoms with Gasteiger partial charge < -0.3 is 5.32 Å². The van der Waals surface area contributed by atoms with Crippen LogP contribution in [-0.4, -0.2) is 17.3 Å². The molecule has 0 spiro atoms. The fraction of sp³-hybridized carbons (Fsp3) is 0.583. The Bertz CT molecular complexity index is 287. The highest BCUT2D eigenvalue weighted by Crippen LogP contribution is 2.16. The molecule has 15 heavy (non-hydrogen) atoms. The van der Waals surface area contributed by atoms with Gasteiger partial charge in [-0.3, -0.25) is 0 Å². The van der Waals surface area contributed by atoms with Crippen LogP contribution in [0.15, 0.2) is 18.3 Å². The summed E-state index contributed by atoms with van der Waals surface area (Å²) in [6.07, 6.45) is 1.88. The van der Waals surface area contributed by atoms with E-state index in [0.717, 1.165) is 24.0 Å². The lowest BCUT2D eigenvalue weighted by atomic mass is 10.3. The standard InChI is InChI=1S/C12H20N2S/c1-4-13-12-7-11(5-6-14-12)9-15-8-10(2)3/h5-7,10H,4,8-9H2,1-3H3,(H,13,14). The second-order valence-corrected chi connectivity index (χ2v) is 5.02. The number of thioether (sulfide) groups is 1. The Hall–Kier alpha value is -0.700. The van der Waals surface area contributed by atoms with E-state index >= 15 is 0 Å². The SMILES string of the molecule is CCNc1cc(CSCC(C)C)ccn1. The molecular formula is C12H20N2S. The molecule has 0 bridgehead atoms. The largest absolute Gasteiger partial charge is 0.370 e. The molecule has 0 aromatic carbocycles. The van der Waals surface area contributed by atoms with E-state index in [0.29, 0.717) is 0 Å². The number of pyridine rings is 1. The molecule has 0 saturated carbocycles. The normalized spacial score (nSPS) is 10.7. The fourth-order valence-corrected chi connectivity index (χ4v) is 2.26. The van der Waals surface area contributed by atoms with Crippen molar-refractivity contribution in [2.75, 3.05) is 17.6 Å². The second-order valence-electron chi connectivity index (χ2n) is 3.99. The van der Waals surface area contributed by atoms with E-state index in [-0.39, 0.29) is 0 Å². The van der Waals surface area contributed by atoms with Crippen LogP contribution in [0.3, 0.4) is 0 Å². The van der Waals surface area contributed by atoms with E-state index < -0.39 is 0 Å². The molecule has 1 aromatic rings. The number of rotatable bonds is 6. The maximum atomic E-state index is 4.25. The van der Waals surface area contributed by atoms with Crippen LogP contribution in [-0.2, 0) is 5.75 Å². The minimum absolute atomic E-state index is 0.769. The molecule has 0 amide bonds. The van der Waals surface area contributed by atoms with Gasteiger partial charge in [-0.05, 0) is 36.3 Å². The maximum Gasteiger partial charge on any atom is 0.126 e. The van der Waals surface area contributed by atoms with Gasteiger partial charge in [-0.2, -0.15) is 11.8 Å².